The summed E-state index contributed by atoms with van der Waals surface area (Å²) in [4.78, 5) is 4.64. The summed E-state index contributed by atoms with van der Waals surface area (Å²) in [6.07, 6.45) is 2.02. The van der Waals surface area contributed by atoms with Gasteiger partial charge >= 0.3 is 0 Å². The summed E-state index contributed by atoms with van der Waals surface area (Å²) in [6, 6.07) is 4.94. The van der Waals surface area contributed by atoms with Crippen LogP contribution in [0.4, 0.5) is 4.39 Å². The molecule has 0 unspecified atom stereocenters. The lowest BCUT2D eigenvalue weighted by atomic mass is 9.89. The Bertz CT molecular complexity index is 547. The van der Waals surface area contributed by atoms with Gasteiger partial charge in [0.1, 0.15) is 5.82 Å². The van der Waals surface area contributed by atoms with Gasteiger partial charge in [0.2, 0.25) is 0 Å². The first-order valence-corrected chi connectivity index (χ1v) is 9.32. The lowest BCUT2D eigenvalue weighted by molar-refractivity contribution is -0.0971. The summed E-state index contributed by atoms with van der Waals surface area (Å²) >= 11 is 1.69. The highest BCUT2D eigenvalue weighted by Gasteiger charge is 2.33. The van der Waals surface area contributed by atoms with E-state index < -0.39 is 0 Å². The minimum atomic E-state index is -0.190. The molecule has 1 aliphatic rings. The number of hydrogen-bond donors (Lipinski definition) is 2. The van der Waals surface area contributed by atoms with Crippen LogP contribution in [0.1, 0.15) is 25.0 Å². The number of benzene rings is 1. The third-order valence-corrected chi connectivity index (χ3v) is 4.40. The van der Waals surface area contributed by atoms with Gasteiger partial charge in [-0.2, -0.15) is 11.8 Å². The Morgan fingerprint density at radius 1 is 1.35 bits per heavy atom. The Morgan fingerprint density at radius 3 is 2.74 bits per heavy atom. The van der Waals surface area contributed by atoms with Crippen molar-refractivity contribution in [1.29, 1.82) is 0 Å². The Labute approximate surface area is 142 Å². The molecule has 0 aromatic heterocycles. The topological polar surface area (TPSA) is 45.7 Å². The zero-order chi connectivity index (χ0) is 16.7. The fraction of sp³-hybridized carbons (Fsp3) is 0.588. The summed E-state index contributed by atoms with van der Waals surface area (Å²) in [6.45, 7) is 8.00. The molecule has 1 fully saturated rings. The summed E-state index contributed by atoms with van der Waals surface area (Å²) in [5.74, 6) is 1.40. The van der Waals surface area contributed by atoms with Gasteiger partial charge in [-0.1, -0.05) is 13.0 Å². The molecule has 0 saturated carbocycles. The molecule has 0 amide bonds. The molecule has 0 radical (unpaired) electrons. The number of halogens is 1. The van der Waals surface area contributed by atoms with E-state index >= 15 is 0 Å². The first-order valence-electron chi connectivity index (χ1n) is 7.92. The van der Waals surface area contributed by atoms with Gasteiger partial charge in [-0.05, 0) is 36.4 Å². The molecule has 0 atom stereocenters. The molecule has 1 aliphatic heterocycles. The monoisotopic (exact) mass is 339 g/mol. The van der Waals surface area contributed by atoms with Crippen molar-refractivity contribution in [3.05, 3.63) is 35.1 Å². The Hall–Kier alpha value is -1.27. The van der Waals surface area contributed by atoms with Crippen LogP contribution in [0.5, 0.6) is 0 Å². The number of thioether (sulfide) groups is 1. The van der Waals surface area contributed by atoms with E-state index in [2.05, 4.69) is 22.5 Å². The van der Waals surface area contributed by atoms with Gasteiger partial charge in [-0.15, -0.1) is 0 Å². The highest BCUT2D eigenvalue weighted by atomic mass is 32.2. The first kappa shape index (κ1) is 18.1. The van der Waals surface area contributed by atoms with Crippen LogP contribution in [0.15, 0.2) is 23.2 Å². The van der Waals surface area contributed by atoms with Crippen molar-refractivity contribution in [2.24, 2.45) is 10.4 Å². The van der Waals surface area contributed by atoms with Crippen molar-refractivity contribution < 1.29 is 9.13 Å². The quantitative estimate of drug-likeness (QED) is 0.592. The van der Waals surface area contributed by atoms with Gasteiger partial charge in [-0.3, -0.25) is 0 Å². The average molecular weight is 339 g/mol. The number of ether oxygens (including phenoxy) is 1. The molecule has 4 nitrogen and oxygen atoms in total. The summed E-state index contributed by atoms with van der Waals surface area (Å²) < 4.78 is 18.7. The normalized spacial score (nSPS) is 16.8. The second-order valence-corrected chi connectivity index (χ2v) is 7.06. The molecule has 2 N–H and O–H groups in total. The smallest absolute Gasteiger partial charge is 0.191 e. The zero-order valence-corrected chi connectivity index (χ0v) is 14.9. The fourth-order valence-electron chi connectivity index (χ4n) is 2.39. The molecule has 1 heterocycles. The van der Waals surface area contributed by atoms with Crippen LogP contribution in [0, 0.1) is 11.2 Å². The SMILES string of the molecule is CCNC(=NCc1ccc(F)cc1CSC)NCC1(C)COC1. The van der Waals surface area contributed by atoms with E-state index in [4.69, 9.17) is 4.74 Å². The molecule has 1 aromatic rings. The zero-order valence-electron chi connectivity index (χ0n) is 14.1. The lowest BCUT2D eigenvalue weighted by Crippen LogP contribution is -2.51. The van der Waals surface area contributed by atoms with E-state index in [-0.39, 0.29) is 11.2 Å². The minimum Gasteiger partial charge on any atom is -0.380 e. The summed E-state index contributed by atoms with van der Waals surface area (Å²) in [7, 11) is 0. The maximum atomic E-state index is 13.4. The standard InChI is InChI=1S/C17H26FN3OS/c1-4-19-16(21-10-17(2)11-22-12-17)20-8-13-5-6-15(18)7-14(13)9-23-3/h5-7H,4,8-12H2,1-3H3,(H2,19,20,21). The Balaban J connectivity index is 2.01. The van der Waals surface area contributed by atoms with Gasteiger partial charge in [-0.25, -0.2) is 9.38 Å². The molecule has 2 rings (SSSR count). The van der Waals surface area contributed by atoms with Crippen LogP contribution >= 0.6 is 11.8 Å². The van der Waals surface area contributed by atoms with Gasteiger partial charge in [0, 0.05) is 24.3 Å². The van der Waals surface area contributed by atoms with E-state index in [1.807, 2.05) is 19.2 Å². The van der Waals surface area contributed by atoms with Gasteiger partial charge in [0.15, 0.2) is 5.96 Å². The third-order valence-electron chi connectivity index (χ3n) is 3.80. The lowest BCUT2D eigenvalue weighted by Gasteiger charge is -2.38. The van der Waals surface area contributed by atoms with Crippen molar-refractivity contribution in [3.63, 3.8) is 0 Å². The van der Waals surface area contributed by atoms with Gasteiger partial charge in [0.05, 0.1) is 19.8 Å². The number of hydrogen-bond acceptors (Lipinski definition) is 3. The average Bonchev–Trinajstić information content (AvgIpc) is 2.50. The largest absolute Gasteiger partial charge is 0.380 e. The predicted molar refractivity (Wildman–Crippen MR) is 95.4 cm³/mol. The predicted octanol–water partition coefficient (Wildman–Crippen LogP) is 2.78. The Kier molecular flexibility index (Phi) is 6.72. The van der Waals surface area contributed by atoms with Crippen LogP contribution in [-0.2, 0) is 17.0 Å². The third kappa shape index (κ3) is 5.39. The highest BCUT2D eigenvalue weighted by molar-refractivity contribution is 7.97. The molecule has 0 bridgehead atoms. The van der Waals surface area contributed by atoms with Crippen molar-refractivity contribution in [3.8, 4) is 0 Å². The minimum absolute atomic E-state index is 0.190. The number of rotatable bonds is 7. The van der Waals surface area contributed by atoms with Crippen molar-refractivity contribution in [1.82, 2.24) is 10.6 Å². The van der Waals surface area contributed by atoms with Crippen molar-refractivity contribution in [2.75, 3.05) is 32.6 Å². The summed E-state index contributed by atoms with van der Waals surface area (Å²) in [5.41, 5.74) is 2.27. The molecule has 1 aromatic carbocycles. The van der Waals surface area contributed by atoms with Crippen LogP contribution in [-0.4, -0.2) is 38.5 Å². The van der Waals surface area contributed by atoms with E-state index in [0.717, 1.165) is 49.1 Å². The number of aliphatic imine (C=N–C) groups is 1. The van der Waals surface area contributed by atoms with Gasteiger partial charge < -0.3 is 15.4 Å². The second kappa shape index (κ2) is 8.55. The van der Waals surface area contributed by atoms with E-state index in [1.165, 1.54) is 6.07 Å². The van der Waals surface area contributed by atoms with E-state index in [1.54, 1.807) is 17.8 Å². The van der Waals surface area contributed by atoms with Crippen molar-refractivity contribution in [2.45, 2.75) is 26.1 Å². The van der Waals surface area contributed by atoms with Crippen LogP contribution in [0.3, 0.4) is 0 Å². The first-order chi connectivity index (χ1) is 11.1. The molecular formula is C17H26FN3OS. The molecule has 1 saturated heterocycles. The number of nitrogens with zero attached hydrogens (tertiary/aromatic N) is 1. The van der Waals surface area contributed by atoms with Gasteiger partial charge in [0.25, 0.3) is 0 Å². The molecule has 0 aliphatic carbocycles. The van der Waals surface area contributed by atoms with Crippen molar-refractivity contribution >= 4 is 17.7 Å². The Morgan fingerprint density at radius 2 is 2.13 bits per heavy atom. The maximum absolute atomic E-state index is 13.4. The molecule has 0 spiro atoms. The molecular weight excluding hydrogens is 313 g/mol. The molecule has 23 heavy (non-hydrogen) atoms. The molecule has 128 valence electrons. The maximum Gasteiger partial charge on any atom is 0.191 e. The van der Waals surface area contributed by atoms with E-state index in [0.29, 0.717) is 6.54 Å². The summed E-state index contributed by atoms with van der Waals surface area (Å²) in [5, 5.41) is 6.63. The van der Waals surface area contributed by atoms with E-state index in [9.17, 15) is 4.39 Å². The highest BCUT2D eigenvalue weighted by Crippen LogP contribution is 2.25. The number of guanidine groups is 1. The number of nitrogens with one attached hydrogen (secondary N) is 2. The van der Waals surface area contributed by atoms with Crippen LogP contribution < -0.4 is 10.6 Å². The van der Waals surface area contributed by atoms with Crippen LogP contribution in [0.25, 0.3) is 0 Å². The van der Waals surface area contributed by atoms with Crippen LogP contribution in [0.2, 0.25) is 0 Å². The molecule has 6 heteroatoms. The fourth-order valence-corrected chi connectivity index (χ4v) is 2.97. The second-order valence-electron chi connectivity index (χ2n) is 6.20.